The van der Waals surface area contributed by atoms with Crippen LogP contribution in [-0.4, -0.2) is 36.4 Å². The Balaban J connectivity index is 1.48. The predicted octanol–water partition coefficient (Wildman–Crippen LogP) is 3.38. The summed E-state index contributed by atoms with van der Waals surface area (Å²) in [5.41, 5.74) is 3.35. The molecule has 162 valence electrons. The van der Waals surface area contributed by atoms with Crippen molar-refractivity contribution in [3.8, 4) is 6.07 Å². The Kier molecular flexibility index (Phi) is 6.37. The number of tetrazole rings is 1. The molecule has 3 heterocycles. The number of nitriles is 1. The summed E-state index contributed by atoms with van der Waals surface area (Å²) >= 11 is 1.22. The Morgan fingerprint density at radius 1 is 1.19 bits per heavy atom. The zero-order chi connectivity index (χ0) is 22.5. The third-order valence-corrected chi connectivity index (χ3v) is 6.06. The molecule has 0 fully saturated rings. The minimum absolute atomic E-state index is 0.0952. The third kappa shape index (κ3) is 4.58. The van der Waals surface area contributed by atoms with Crippen molar-refractivity contribution in [1.82, 2.24) is 24.8 Å². The van der Waals surface area contributed by atoms with Gasteiger partial charge >= 0.3 is 0 Å². The smallest absolute Gasteiger partial charge is 0.235 e. The van der Waals surface area contributed by atoms with Crippen LogP contribution in [0.4, 0.5) is 5.82 Å². The van der Waals surface area contributed by atoms with E-state index in [0.717, 1.165) is 16.8 Å². The van der Waals surface area contributed by atoms with E-state index in [1.807, 2.05) is 54.8 Å². The van der Waals surface area contributed by atoms with Crippen LogP contribution in [0.25, 0.3) is 0 Å². The van der Waals surface area contributed by atoms with Gasteiger partial charge in [-0.05, 0) is 47.5 Å². The second kappa shape index (κ2) is 9.53. The molecule has 32 heavy (non-hydrogen) atoms. The summed E-state index contributed by atoms with van der Waals surface area (Å²) in [6.07, 6.45) is 1.58. The van der Waals surface area contributed by atoms with Crippen LogP contribution in [0.2, 0.25) is 0 Å². The van der Waals surface area contributed by atoms with Gasteiger partial charge in [0.15, 0.2) is 0 Å². The molecule has 3 aromatic heterocycles. The maximum atomic E-state index is 12.8. The molecule has 1 N–H and O–H groups in total. The quantitative estimate of drug-likeness (QED) is 0.412. The van der Waals surface area contributed by atoms with Gasteiger partial charge in [0.2, 0.25) is 11.1 Å². The van der Waals surface area contributed by atoms with Gasteiger partial charge in [-0.25, -0.2) is 4.68 Å². The number of anilines is 1. The van der Waals surface area contributed by atoms with Crippen LogP contribution in [0.15, 0.2) is 58.3 Å². The Morgan fingerprint density at radius 2 is 2.00 bits per heavy atom. The number of nitrogens with zero attached hydrogens (tertiary/aromatic N) is 6. The van der Waals surface area contributed by atoms with E-state index in [-0.39, 0.29) is 11.7 Å². The lowest BCUT2D eigenvalue weighted by molar-refractivity contribution is -0.113. The Bertz CT molecular complexity index is 1250. The van der Waals surface area contributed by atoms with Crippen molar-refractivity contribution < 1.29 is 9.21 Å². The fourth-order valence-corrected chi connectivity index (χ4v) is 4.02. The van der Waals surface area contributed by atoms with Crippen LogP contribution in [0, 0.1) is 25.2 Å². The molecular formula is C22H21N7O2S. The first-order valence-corrected chi connectivity index (χ1v) is 10.9. The standard InChI is InChI=1S/C22H21N7O2S/c1-15-16(2)28(12-17-7-4-3-5-8-17)21(19(15)11-23)24-20(30)14-32-22-25-26-27-29(22)13-18-9-6-10-31-18/h3-10H,12-14H2,1-2H3,(H,24,30). The largest absolute Gasteiger partial charge is 0.467 e. The number of nitrogens with one attached hydrogen (secondary N) is 1. The highest BCUT2D eigenvalue weighted by Gasteiger charge is 2.20. The Hall–Kier alpha value is -3.84. The molecule has 4 rings (SSSR count). The molecule has 0 aliphatic heterocycles. The summed E-state index contributed by atoms with van der Waals surface area (Å²) in [6, 6.07) is 15.8. The molecule has 0 saturated carbocycles. The zero-order valence-electron chi connectivity index (χ0n) is 17.6. The van der Waals surface area contributed by atoms with E-state index in [4.69, 9.17) is 4.42 Å². The topological polar surface area (TPSA) is 115 Å². The van der Waals surface area contributed by atoms with Crippen LogP contribution in [0.1, 0.15) is 28.1 Å². The van der Waals surface area contributed by atoms with Gasteiger partial charge in [0.25, 0.3) is 0 Å². The molecule has 0 spiro atoms. The summed E-state index contributed by atoms with van der Waals surface area (Å²) in [4.78, 5) is 12.8. The molecule has 10 heteroatoms. The van der Waals surface area contributed by atoms with E-state index in [1.54, 1.807) is 17.0 Å². The number of hydrogen-bond acceptors (Lipinski definition) is 7. The number of carbonyl (C=O) groups is 1. The van der Waals surface area contributed by atoms with E-state index in [9.17, 15) is 10.1 Å². The van der Waals surface area contributed by atoms with E-state index < -0.39 is 0 Å². The lowest BCUT2D eigenvalue weighted by atomic mass is 10.2. The van der Waals surface area contributed by atoms with Gasteiger partial charge in [0.1, 0.15) is 24.2 Å². The highest BCUT2D eigenvalue weighted by molar-refractivity contribution is 7.99. The van der Waals surface area contributed by atoms with Gasteiger partial charge in [-0.3, -0.25) is 4.79 Å². The first kappa shape index (κ1) is 21.4. The molecule has 9 nitrogen and oxygen atoms in total. The number of rotatable bonds is 8. The van der Waals surface area contributed by atoms with Gasteiger partial charge in [0, 0.05) is 12.2 Å². The number of furan rings is 1. The lowest BCUT2D eigenvalue weighted by Crippen LogP contribution is -2.19. The zero-order valence-corrected chi connectivity index (χ0v) is 18.5. The maximum Gasteiger partial charge on any atom is 0.235 e. The first-order valence-electron chi connectivity index (χ1n) is 9.91. The summed E-state index contributed by atoms with van der Waals surface area (Å²) in [5.74, 6) is 1.07. The van der Waals surface area contributed by atoms with E-state index >= 15 is 0 Å². The molecule has 0 saturated heterocycles. The number of benzene rings is 1. The second-order valence-corrected chi connectivity index (χ2v) is 8.10. The average molecular weight is 448 g/mol. The third-order valence-electron chi connectivity index (χ3n) is 5.10. The van der Waals surface area contributed by atoms with Gasteiger partial charge in [0.05, 0.1) is 17.6 Å². The highest BCUT2D eigenvalue weighted by atomic mass is 32.2. The number of amides is 1. The lowest BCUT2D eigenvalue weighted by Gasteiger charge is -2.13. The van der Waals surface area contributed by atoms with Gasteiger partial charge in [-0.2, -0.15) is 5.26 Å². The normalized spacial score (nSPS) is 10.8. The highest BCUT2D eigenvalue weighted by Crippen LogP contribution is 2.28. The molecule has 0 unspecified atom stereocenters. The van der Waals surface area contributed by atoms with E-state index in [1.165, 1.54) is 11.8 Å². The van der Waals surface area contributed by atoms with Gasteiger partial charge in [-0.1, -0.05) is 42.1 Å². The van der Waals surface area contributed by atoms with Crippen molar-refractivity contribution in [2.45, 2.75) is 32.1 Å². The van der Waals surface area contributed by atoms with Crippen molar-refractivity contribution in [3.05, 3.63) is 76.9 Å². The molecule has 0 aliphatic carbocycles. The van der Waals surface area contributed by atoms with Crippen molar-refractivity contribution in [2.24, 2.45) is 0 Å². The van der Waals surface area contributed by atoms with Crippen LogP contribution in [-0.2, 0) is 17.9 Å². The van der Waals surface area contributed by atoms with Gasteiger partial charge in [-0.15, -0.1) is 5.10 Å². The molecule has 0 radical (unpaired) electrons. The summed E-state index contributed by atoms with van der Waals surface area (Å²) in [7, 11) is 0. The minimum Gasteiger partial charge on any atom is -0.467 e. The Morgan fingerprint density at radius 3 is 2.72 bits per heavy atom. The summed E-state index contributed by atoms with van der Waals surface area (Å²) in [6.45, 7) is 4.77. The number of aromatic nitrogens is 5. The Labute approximate surface area is 189 Å². The molecular weight excluding hydrogens is 426 g/mol. The molecule has 1 amide bonds. The first-order chi connectivity index (χ1) is 15.6. The van der Waals surface area contributed by atoms with Crippen molar-refractivity contribution >= 4 is 23.5 Å². The van der Waals surface area contributed by atoms with Crippen molar-refractivity contribution in [1.29, 1.82) is 5.26 Å². The SMILES string of the molecule is Cc1c(C#N)c(NC(=O)CSc2nnnn2Cc2ccco2)n(Cc2ccccc2)c1C. The predicted molar refractivity (Wildman–Crippen MR) is 119 cm³/mol. The number of carbonyl (C=O) groups excluding carboxylic acids is 1. The van der Waals surface area contributed by atoms with Crippen LogP contribution >= 0.6 is 11.8 Å². The fourth-order valence-electron chi connectivity index (χ4n) is 3.34. The van der Waals surface area contributed by atoms with Crippen LogP contribution in [0.5, 0.6) is 0 Å². The summed E-state index contributed by atoms with van der Waals surface area (Å²) in [5, 5.41) is 24.8. The fraction of sp³-hybridized carbons (Fsp3) is 0.227. The number of thioether (sulfide) groups is 1. The number of hydrogen-bond donors (Lipinski definition) is 1. The maximum absolute atomic E-state index is 12.8. The van der Waals surface area contributed by atoms with E-state index in [0.29, 0.717) is 35.4 Å². The second-order valence-electron chi connectivity index (χ2n) is 7.15. The van der Waals surface area contributed by atoms with E-state index in [2.05, 4.69) is 26.9 Å². The molecule has 0 atom stereocenters. The molecule has 0 bridgehead atoms. The average Bonchev–Trinajstić information content (AvgIpc) is 3.52. The minimum atomic E-state index is -0.245. The monoisotopic (exact) mass is 447 g/mol. The van der Waals surface area contributed by atoms with Crippen molar-refractivity contribution in [2.75, 3.05) is 11.1 Å². The van der Waals surface area contributed by atoms with Crippen LogP contribution < -0.4 is 5.32 Å². The molecule has 1 aromatic carbocycles. The molecule has 4 aromatic rings. The molecule has 0 aliphatic rings. The van der Waals surface area contributed by atoms with Gasteiger partial charge < -0.3 is 14.3 Å². The van der Waals surface area contributed by atoms with Crippen LogP contribution in [0.3, 0.4) is 0 Å². The van der Waals surface area contributed by atoms with Crippen molar-refractivity contribution in [3.63, 3.8) is 0 Å². The summed E-state index contributed by atoms with van der Waals surface area (Å²) < 4.78 is 8.87.